The molecule has 2 heteroatoms. The Balaban J connectivity index is 2.64. The molecule has 1 rings (SSSR count). The summed E-state index contributed by atoms with van der Waals surface area (Å²) >= 11 is 0. The van der Waals surface area contributed by atoms with Gasteiger partial charge in [0.2, 0.25) is 0 Å². The highest BCUT2D eigenvalue weighted by atomic mass is 15.3. The van der Waals surface area contributed by atoms with Crippen molar-refractivity contribution in [2.75, 3.05) is 19.6 Å². The van der Waals surface area contributed by atoms with Crippen LogP contribution < -0.4 is 5.32 Å². The lowest BCUT2D eigenvalue weighted by atomic mass is 9.87. The summed E-state index contributed by atoms with van der Waals surface area (Å²) in [6.45, 7) is 20.0. The van der Waals surface area contributed by atoms with Crippen LogP contribution in [0.15, 0.2) is 0 Å². The maximum absolute atomic E-state index is 3.74. The highest BCUT2D eigenvalue weighted by Crippen LogP contribution is 2.27. The van der Waals surface area contributed by atoms with Gasteiger partial charge in [-0.05, 0) is 45.4 Å². The lowest BCUT2D eigenvalue weighted by molar-refractivity contribution is 0.0187. The molecule has 0 spiro atoms. The molecule has 0 bridgehead atoms. The van der Waals surface area contributed by atoms with E-state index in [-0.39, 0.29) is 0 Å². The van der Waals surface area contributed by atoms with E-state index in [1.54, 1.807) is 0 Å². The van der Waals surface area contributed by atoms with Crippen LogP contribution in [0.1, 0.15) is 61.3 Å². The van der Waals surface area contributed by atoms with Gasteiger partial charge in [0.05, 0.1) is 0 Å². The highest BCUT2D eigenvalue weighted by molar-refractivity contribution is 4.99. The number of hydrogen-bond donors (Lipinski definition) is 1. The Morgan fingerprint density at radius 3 is 2.28 bits per heavy atom. The van der Waals surface area contributed by atoms with Crippen LogP contribution >= 0.6 is 0 Å². The molecule has 18 heavy (non-hydrogen) atoms. The number of nitrogens with zero attached hydrogens (tertiary/aromatic N) is 1. The Morgan fingerprint density at radius 2 is 1.78 bits per heavy atom. The van der Waals surface area contributed by atoms with E-state index in [0.717, 1.165) is 18.4 Å². The van der Waals surface area contributed by atoms with Crippen molar-refractivity contribution < 1.29 is 0 Å². The zero-order valence-electron chi connectivity index (χ0n) is 13.6. The van der Waals surface area contributed by atoms with E-state index in [9.17, 15) is 0 Å². The number of piperazine rings is 1. The molecule has 0 amide bonds. The van der Waals surface area contributed by atoms with Crippen LogP contribution in [0.3, 0.4) is 0 Å². The lowest BCUT2D eigenvalue weighted by Gasteiger charge is -2.51. The number of hydrogen-bond acceptors (Lipinski definition) is 2. The summed E-state index contributed by atoms with van der Waals surface area (Å²) in [6.07, 6.45) is 2.54. The Bertz CT molecular complexity index is 260. The van der Waals surface area contributed by atoms with Crippen molar-refractivity contribution in [3.63, 3.8) is 0 Å². The molecular weight excluding hydrogens is 220 g/mol. The maximum atomic E-state index is 3.74. The van der Waals surface area contributed by atoms with Gasteiger partial charge in [0.25, 0.3) is 0 Å². The standard InChI is InChI=1S/C16H34N2/c1-8-16(7)12-18(15(5,6)11-17-16)10-14(4)9-13(2)3/h13-14,17H,8-12H2,1-7H3. The van der Waals surface area contributed by atoms with Crippen LogP contribution in [0.4, 0.5) is 0 Å². The van der Waals surface area contributed by atoms with Crippen molar-refractivity contribution >= 4 is 0 Å². The van der Waals surface area contributed by atoms with Crippen LogP contribution in [0, 0.1) is 11.8 Å². The van der Waals surface area contributed by atoms with Crippen molar-refractivity contribution in [1.29, 1.82) is 0 Å². The second kappa shape index (κ2) is 5.92. The topological polar surface area (TPSA) is 15.3 Å². The van der Waals surface area contributed by atoms with Crippen molar-refractivity contribution in [3.05, 3.63) is 0 Å². The SMILES string of the molecule is CCC1(C)CN(CC(C)CC(C)C)C(C)(C)CN1. The van der Waals surface area contributed by atoms with Gasteiger partial charge in [-0.25, -0.2) is 0 Å². The van der Waals surface area contributed by atoms with Gasteiger partial charge in [0.15, 0.2) is 0 Å². The molecular formula is C16H34N2. The molecule has 0 aromatic heterocycles. The molecule has 1 heterocycles. The van der Waals surface area contributed by atoms with Crippen LogP contribution in [0.5, 0.6) is 0 Å². The molecule has 0 aromatic carbocycles. The van der Waals surface area contributed by atoms with E-state index in [4.69, 9.17) is 0 Å². The molecule has 0 radical (unpaired) electrons. The first-order chi connectivity index (χ1) is 8.18. The van der Waals surface area contributed by atoms with E-state index in [1.165, 1.54) is 25.9 Å². The molecule has 2 unspecified atom stereocenters. The van der Waals surface area contributed by atoms with Gasteiger partial charge in [0.1, 0.15) is 0 Å². The molecule has 0 saturated carbocycles. The van der Waals surface area contributed by atoms with E-state index < -0.39 is 0 Å². The fraction of sp³-hybridized carbons (Fsp3) is 1.00. The Kier molecular flexibility index (Phi) is 5.25. The average Bonchev–Trinajstić information content (AvgIpc) is 2.23. The predicted octanol–water partition coefficient (Wildman–Crippen LogP) is 3.52. The second-order valence-corrected chi connectivity index (χ2v) is 7.70. The number of nitrogens with one attached hydrogen (secondary N) is 1. The quantitative estimate of drug-likeness (QED) is 0.807. The Morgan fingerprint density at radius 1 is 1.17 bits per heavy atom. The first-order valence-electron chi connectivity index (χ1n) is 7.68. The van der Waals surface area contributed by atoms with E-state index in [0.29, 0.717) is 11.1 Å². The van der Waals surface area contributed by atoms with Crippen molar-refractivity contribution in [2.24, 2.45) is 11.8 Å². The van der Waals surface area contributed by atoms with Crippen molar-refractivity contribution in [3.8, 4) is 0 Å². The van der Waals surface area contributed by atoms with Crippen LogP contribution in [0.25, 0.3) is 0 Å². The summed E-state index contributed by atoms with van der Waals surface area (Å²) in [5.41, 5.74) is 0.590. The zero-order valence-corrected chi connectivity index (χ0v) is 13.6. The molecule has 1 aliphatic heterocycles. The van der Waals surface area contributed by atoms with Crippen LogP contribution in [0.2, 0.25) is 0 Å². The molecule has 1 saturated heterocycles. The van der Waals surface area contributed by atoms with E-state index in [2.05, 4.69) is 58.7 Å². The van der Waals surface area contributed by atoms with Gasteiger partial charge in [-0.15, -0.1) is 0 Å². The molecule has 2 nitrogen and oxygen atoms in total. The predicted molar refractivity (Wildman–Crippen MR) is 81.0 cm³/mol. The molecule has 1 fully saturated rings. The number of rotatable bonds is 5. The maximum Gasteiger partial charge on any atom is 0.0278 e. The fourth-order valence-electron chi connectivity index (χ4n) is 3.04. The van der Waals surface area contributed by atoms with Gasteiger partial charge in [-0.2, -0.15) is 0 Å². The van der Waals surface area contributed by atoms with Crippen LogP contribution in [-0.2, 0) is 0 Å². The fourth-order valence-corrected chi connectivity index (χ4v) is 3.04. The van der Waals surface area contributed by atoms with Gasteiger partial charge < -0.3 is 5.32 Å². The highest BCUT2D eigenvalue weighted by Gasteiger charge is 2.39. The minimum absolute atomic E-state index is 0.292. The smallest absolute Gasteiger partial charge is 0.0278 e. The third kappa shape index (κ3) is 4.24. The second-order valence-electron chi connectivity index (χ2n) is 7.70. The van der Waals surface area contributed by atoms with Gasteiger partial charge in [-0.3, -0.25) is 4.90 Å². The first-order valence-corrected chi connectivity index (χ1v) is 7.68. The molecule has 1 N–H and O–H groups in total. The monoisotopic (exact) mass is 254 g/mol. The van der Waals surface area contributed by atoms with E-state index in [1.807, 2.05) is 0 Å². The van der Waals surface area contributed by atoms with Crippen molar-refractivity contribution in [1.82, 2.24) is 10.2 Å². The summed E-state index contributed by atoms with van der Waals surface area (Å²) in [4.78, 5) is 2.71. The minimum Gasteiger partial charge on any atom is -0.308 e. The van der Waals surface area contributed by atoms with Gasteiger partial charge in [0, 0.05) is 30.7 Å². The molecule has 108 valence electrons. The van der Waals surface area contributed by atoms with Crippen molar-refractivity contribution in [2.45, 2.75) is 72.4 Å². The summed E-state index contributed by atoms with van der Waals surface area (Å²) in [5, 5.41) is 3.74. The van der Waals surface area contributed by atoms with Gasteiger partial charge >= 0.3 is 0 Å². The molecule has 1 aliphatic rings. The summed E-state index contributed by atoms with van der Waals surface area (Å²) < 4.78 is 0. The normalized spacial score (nSPS) is 30.7. The third-order valence-corrected chi connectivity index (χ3v) is 4.53. The van der Waals surface area contributed by atoms with Gasteiger partial charge in [-0.1, -0.05) is 27.7 Å². The Labute approximate surface area is 115 Å². The zero-order chi connectivity index (χ0) is 14.0. The lowest BCUT2D eigenvalue weighted by Crippen LogP contribution is -2.67. The molecule has 0 aromatic rings. The largest absolute Gasteiger partial charge is 0.308 e. The third-order valence-electron chi connectivity index (χ3n) is 4.53. The Hall–Kier alpha value is -0.0800. The minimum atomic E-state index is 0.292. The van der Waals surface area contributed by atoms with Crippen LogP contribution in [-0.4, -0.2) is 35.6 Å². The average molecular weight is 254 g/mol. The summed E-state index contributed by atoms with van der Waals surface area (Å²) in [7, 11) is 0. The summed E-state index contributed by atoms with van der Waals surface area (Å²) in [6, 6.07) is 0. The summed E-state index contributed by atoms with van der Waals surface area (Å²) in [5.74, 6) is 1.60. The molecule has 0 aliphatic carbocycles. The molecule has 2 atom stereocenters. The van der Waals surface area contributed by atoms with E-state index >= 15 is 0 Å². The first kappa shape index (κ1) is 16.0.